The Morgan fingerprint density at radius 2 is 1.83 bits per heavy atom. The second kappa shape index (κ2) is 10.7. The number of alkyl carbamates (subject to hydrolysis) is 1. The number of hydrogen-bond donors (Lipinski definition) is 4. The van der Waals surface area contributed by atoms with Crippen molar-refractivity contribution in [2.24, 2.45) is 4.99 Å². The van der Waals surface area contributed by atoms with Gasteiger partial charge in [-0.15, -0.1) is 24.0 Å². The molecule has 0 saturated carbocycles. The number of aliphatic imine (C=N–C) groups is 1. The van der Waals surface area contributed by atoms with Crippen LogP contribution in [0.5, 0.6) is 0 Å². The summed E-state index contributed by atoms with van der Waals surface area (Å²) in [6.07, 6.45) is 2.50. The Bertz CT molecular complexity index is 824. The van der Waals surface area contributed by atoms with E-state index in [2.05, 4.69) is 44.3 Å². The Balaban J connectivity index is 0.00000420. The van der Waals surface area contributed by atoms with E-state index in [0.717, 1.165) is 18.5 Å². The minimum atomic E-state index is -0.520. The number of amides is 1. The highest BCUT2D eigenvalue weighted by Crippen LogP contribution is 2.17. The van der Waals surface area contributed by atoms with Crippen LogP contribution in [-0.4, -0.2) is 48.3 Å². The van der Waals surface area contributed by atoms with E-state index in [9.17, 15) is 4.79 Å². The second-order valence-corrected chi connectivity index (χ2v) is 8.47. The van der Waals surface area contributed by atoms with E-state index in [-0.39, 0.29) is 24.0 Å². The molecule has 1 aromatic heterocycles. The molecule has 4 N–H and O–H groups in total. The SMILES string of the molecule is CN=C(NCCc1c[nH]c2ccccc12)NCC(C)(C)NC(=O)OC(C)(C)C.I. The molecule has 0 spiro atoms. The van der Waals surface area contributed by atoms with E-state index < -0.39 is 17.2 Å². The number of hydrogen-bond acceptors (Lipinski definition) is 3. The zero-order valence-electron chi connectivity index (χ0n) is 18.2. The monoisotopic (exact) mass is 515 g/mol. The third-order valence-electron chi connectivity index (χ3n) is 4.12. The quantitative estimate of drug-likeness (QED) is 0.268. The maximum Gasteiger partial charge on any atom is 0.408 e. The van der Waals surface area contributed by atoms with Gasteiger partial charge < -0.3 is 25.7 Å². The molecule has 0 bridgehead atoms. The fourth-order valence-corrected chi connectivity index (χ4v) is 2.80. The van der Waals surface area contributed by atoms with Gasteiger partial charge in [-0.3, -0.25) is 4.99 Å². The molecular formula is C21H34IN5O2. The molecule has 1 amide bonds. The summed E-state index contributed by atoms with van der Waals surface area (Å²) in [7, 11) is 1.73. The molecule has 29 heavy (non-hydrogen) atoms. The molecule has 0 saturated heterocycles. The molecule has 0 fully saturated rings. The Morgan fingerprint density at radius 1 is 1.14 bits per heavy atom. The van der Waals surface area contributed by atoms with Crippen LogP contribution in [0.3, 0.4) is 0 Å². The topological polar surface area (TPSA) is 90.5 Å². The fourth-order valence-electron chi connectivity index (χ4n) is 2.80. The summed E-state index contributed by atoms with van der Waals surface area (Å²) in [5.41, 5.74) is 1.41. The maximum absolute atomic E-state index is 12.0. The van der Waals surface area contributed by atoms with Gasteiger partial charge in [0.1, 0.15) is 5.60 Å². The van der Waals surface area contributed by atoms with Crippen LogP contribution in [0.25, 0.3) is 10.9 Å². The number of halogens is 1. The van der Waals surface area contributed by atoms with E-state index in [1.54, 1.807) is 7.05 Å². The summed E-state index contributed by atoms with van der Waals surface area (Å²) in [5, 5.41) is 10.7. The van der Waals surface area contributed by atoms with Crippen molar-refractivity contribution in [3.63, 3.8) is 0 Å². The maximum atomic E-state index is 12.0. The van der Waals surface area contributed by atoms with Crippen LogP contribution in [0.15, 0.2) is 35.5 Å². The van der Waals surface area contributed by atoms with Crippen molar-refractivity contribution in [3.05, 3.63) is 36.0 Å². The van der Waals surface area contributed by atoms with Crippen molar-refractivity contribution in [3.8, 4) is 0 Å². The average Bonchev–Trinajstić information content (AvgIpc) is 2.99. The van der Waals surface area contributed by atoms with Gasteiger partial charge >= 0.3 is 6.09 Å². The summed E-state index contributed by atoms with van der Waals surface area (Å²) >= 11 is 0. The molecule has 0 aliphatic rings. The molecule has 7 nitrogen and oxygen atoms in total. The molecule has 0 radical (unpaired) electrons. The number of guanidine groups is 1. The number of nitrogens with one attached hydrogen (secondary N) is 4. The highest BCUT2D eigenvalue weighted by atomic mass is 127. The average molecular weight is 515 g/mol. The molecule has 2 aromatic rings. The molecule has 8 heteroatoms. The largest absolute Gasteiger partial charge is 0.444 e. The lowest BCUT2D eigenvalue weighted by atomic mass is 10.1. The van der Waals surface area contributed by atoms with Gasteiger partial charge in [0.25, 0.3) is 0 Å². The van der Waals surface area contributed by atoms with Gasteiger partial charge in [-0.1, -0.05) is 18.2 Å². The van der Waals surface area contributed by atoms with Crippen molar-refractivity contribution in [1.29, 1.82) is 0 Å². The molecular weight excluding hydrogens is 481 g/mol. The first-order valence-corrected chi connectivity index (χ1v) is 9.60. The number of aromatic nitrogens is 1. The van der Waals surface area contributed by atoms with Crippen LogP contribution < -0.4 is 16.0 Å². The number of carbonyl (C=O) groups excluding carboxylic acids is 1. The summed E-state index contributed by atoms with van der Waals surface area (Å²) in [6, 6.07) is 8.28. The Hall–Kier alpha value is -1.97. The van der Waals surface area contributed by atoms with Gasteiger partial charge in [-0.05, 0) is 52.7 Å². The lowest BCUT2D eigenvalue weighted by Gasteiger charge is -2.29. The molecule has 0 aliphatic heterocycles. The van der Waals surface area contributed by atoms with Gasteiger partial charge in [0, 0.05) is 37.2 Å². The molecule has 1 aromatic carbocycles. The van der Waals surface area contributed by atoms with Crippen molar-refractivity contribution < 1.29 is 9.53 Å². The number of nitrogens with zero attached hydrogens (tertiary/aromatic N) is 1. The molecule has 0 unspecified atom stereocenters. The van der Waals surface area contributed by atoms with E-state index in [4.69, 9.17) is 4.74 Å². The van der Waals surface area contributed by atoms with Gasteiger partial charge in [0.15, 0.2) is 5.96 Å². The van der Waals surface area contributed by atoms with Gasteiger partial charge in [-0.2, -0.15) is 0 Å². The van der Waals surface area contributed by atoms with E-state index in [1.807, 2.05) is 46.8 Å². The first-order valence-electron chi connectivity index (χ1n) is 9.60. The molecule has 1 heterocycles. The number of H-pyrrole nitrogens is 1. The smallest absolute Gasteiger partial charge is 0.408 e. The lowest BCUT2D eigenvalue weighted by Crippen LogP contribution is -2.54. The highest BCUT2D eigenvalue weighted by Gasteiger charge is 2.24. The second-order valence-electron chi connectivity index (χ2n) is 8.47. The first kappa shape index (κ1) is 25.1. The minimum absolute atomic E-state index is 0. The van der Waals surface area contributed by atoms with Crippen LogP contribution in [0.4, 0.5) is 4.79 Å². The van der Waals surface area contributed by atoms with Crippen LogP contribution in [0.1, 0.15) is 40.2 Å². The van der Waals surface area contributed by atoms with E-state index in [1.165, 1.54) is 10.9 Å². The third-order valence-corrected chi connectivity index (χ3v) is 4.12. The zero-order chi connectivity index (χ0) is 20.8. The molecule has 162 valence electrons. The van der Waals surface area contributed by atoms with Crippen molar-refractivity contribution >= 4 is 46.9 Å². The Kier molecular flexibility index (Phi) is 9.25. The molecule has 0 aliphatic carbocycles. The van der Waals surface area contributed by atoms with E-state index in [0.29, 0.717) is 12.5 Å². The highest BCUT2D eigenvalue weighted by molar-refractivity contribution is 14.0. The third kappa shape index (κ3) is 8.51. The fraction of sp³-hybridized carbons (Fsp3) is 0.524. The first-order chi connectivity index (χ1) is 13.1. The van der Waals surface area contributed by atoms with Crippen molar-refractivity contribution in [1.82, 2.24) is 20.9 Å². The predicted molar refractivity (Wildman–Crippen MR) is 130 cm³/mol. The number of benzene rings is 1. The van der Waals surface area contributed by atoms with Gasteiger partial charge in [0.2, 0.25) is 0 Å². The lowest BCUT2D eigenvalue weighted by molar-refractivity contribution is 0.0474. The number of fused-ring (bicyclic) bond motifs is 1. The minimum Gasteiger partial charge on any atom is -0.444 e. The van der Waals surface area contributed by atoms with Crippen LogP contribution in [0, 0.1) is 0 Å². The summed E-state index contributed by atoms with van der Waals surface area (Å²) in [5.74, 6) is 0.693. The number of carbonyl (C=O) groups is 1. The van der Waals surface area contributed by atoms with E-state index >= 15 is 0 Å². The number of para-hydroxylation sites is 1. The molecule has 2 rings (SSSR count). The summed E-state index contributed by atoms with van der Waals surface area (Å²) in [4.78, 5) is 19.5. The zero-order valence-corrected chi connectivity index (χ0v) is 20.5. The van der Waals surface area contributed by atoms with Crippen molar-refractivity contribution in [2.75, 3.05) is 20.1 Å². The van der Waals surface area contributed by atoms with Crippen LogP contribution in [0.2, 0.25) is 0 Å². The standard InChI is InChI=1S/C21H33N5O2.HI/c1-20(2,3)28-19(27)26-21(4,5)14-25-18(22-6)23-12-11-15-13-24-17-10-8-7-9-16(15)17;/h7-10,13,24H,11-12,14H2,1-6H3,(H,26,27)(H2,22,23,25);1H. The van der Waals surface area contributed by atoms with Crippen LogP contribution in [-0.2, 0) is 11.2 Å². The predicted octanol–water partition coefficient (Wildman–Crippen LogP) is 3.80. The number of ether oxygens (including phenoxy) is 1. The van der Waals surface area contributed by atoms with Gasteiger partial charge in [0.05, 0.1) is 5.54 Å². The Labute approximate surface area is 190 Å². The normalized spacial score (nSPS) is 12.3. The Morgan fingerprint density at radius 3 is 2.48 bits per heavy atom. The van der Waals surface area contributed by atoms with Crippen molar-refractivity contribution in [2.45, 2.75) is 52.2 Å². The number of aromatic amines is 1. The number of rotatable bonds is 6. The van der Waals surface area contributed by atoms with Gasteiger partial charge in [-0.25, -0.2) is 4.79 Å². The summed E-state index contributed by atoms with van der Waals surface area (Å²) < 4.78 is 5.32. The van der Waals surface area contributed by atoms with Crippen LogP contribution >= 0.6 is 24.0 Å². The molecule has 0 atom stereocenters. The summed E-state index contributed by atoms with van der Waals surface area (Å²) in [6.45, 7) is 10.7.